The highest BCUT2D eigenvalue weighted by molar-refractivity contribution is 5.96. The molecule has 0 unspecified atom stereocenters. The van der Waals surface area contributed by atoms with Gasteiger partial charge in [0.2, 0.25) is 0 Å². The van der Waals surface area contributed by atoms with Crippen molar-refractivity contribution in [1.29, 1.82) is 0 Å². The Morgan fingerprint density at radius 3 is 2.67 bits per heavy atom. The summed E-state index contributed by atoms with van der Waals surface area (Å²) in [6, 6.07) is 3.85. The summed E-state index contributed by atoms with van der Waals surface area (Å²) in [7, 11) is 0. The SMILES string of the molecule is O=Cc1cc(C(=O)N2CCC2)ccc1F. The van der Waals surface area contributed by atoms with Crippen molar-refractivity contribution in [2.24, 2.45) is 0 Å². The van der Waals surface area contributed by atoms with Crippen LogP contribution in [0.15, 0.2) is 18.2 Å². The molecule has 1 aromatic rings. The first-order valence-corrected chi connectivity index (χ1v) is 4.76. The van der Waals surface area contributed by atoms with Crippen LogP contribution in [0.25, 0.3) is 0 Å². The normalized spacial score (nSPS) is 14.6. The van der Waals surface area contributed by atoms with E-state index >= 15 is 0 Å². The largest absolute Gasteiger partial charge is 0.339 e. The van der Waals surface area contributed by atoms with E-state index in [-0.39, 0.29) is 11.5 Å². The second kappa shape index (κ2) is 3.81. The van der Waals surface area contributed by atoms with Gasteiger partial charge in [-0.25, -0.2) is 4.39 Å². The summed E-state index contributed by atoms with van der Waals surface area (Å²) >= 11 is 0. The molecule has 15 heavy (non-hydrogen) atoms. The van der Waals surface area contributed by atoms with Gasteiger partial charge in [0, 0.05) is 18.7 Å². The minimum atomic E-state index is -0.592. The van der Waals surface area contributed by atoms with Crippen LogP contribution in [0.5, 0.6) is 0 Å². The lowest BCUT2D eigenvalue weighted by Gasteiger charge is -2.30. The van der Waals surface area contributed by atoms with Crippen LogP contribution in [-0.2, 0) is 0 Å². The average Bonchev–Trinajstić information content (AvgIpc) is 2.15. The summed E-state index contributed by atoms with van der Waals surface area (Å²) < 4.78 is 13.0. The van der Waals surface area contributed by atoms with Crippen molar-refractivity contribution < 1.29 is 14.0 Å². The number of rotatable bonds is 2. The number of halogens is 1. The minimum Gasteiger partial charge on any atom is -0.339 e. The molecular weight excluding hydrogens is 197 g/mol. The highest BCUT2D eigenvalue weighted by Crippen LogP contribution is 2.15. The molecular formula is C11H10FNO2. The molecule has 1 amide bonds. The molecule has 3 nitrogen and oxygen atoms in total. The van der Waals surface area contributed by atoms with E-state index in [0.29, 0.717) is 11.8 Å². The first-order valence-electron chi connectivity index (χ1n) is 4.76. The summed E-state index contributed by atoms with van der Waals surface area (Å²) in [6.45, 7) is 1.49. The van der Waals surface area contributed by atoms with Crippen LogP contribution in [0.4, 0.5) is 4.39 Å². The summed E-state index contributed by atoms with van der Waals surface area (Å²) in [5.74, 6) is -0.727. The zero-order chi connectivity index (χ0) is 10.8. The first kappa shape index (κ1) is 9.83. The van der Waals surface area contributed by atoms with Gasteiger partial charge in [0.15, 0.2) is 6.29 Å². The molecule has 1 aliphatic heterocycles. The topological polar surface area (TPSA) is 37.4 Å². The molecule has 0 spiro atoms. The highest BCUT2D eigenvalue weighted by atomic mass is 19.1. The van der Waals surface area contributed by atoms with E-state index in [1.165, 1.54) is 12.1 Å². The third-order valence-corrected chi connectivity index (χ3v) is 2.51. The van der Waals surface area contributed by atoms with Gasteiger partial charge in [-0.1, -0.05) is 0 Å². The maximum absolute atomic E-state index is 13.0. The van der Waals surface area contributed by atoms with Gasteiger partial charge in [-0.15, -0.1) is 0 Å². The Morgan fingerprint density at radius 1 is 1.40 bits per heavy atom. The molecule has 0 atom stereocenters. The standard InChI is InChI=1S/C11H10FNO2/c12-10-3-2-8(6-9(10)7-14)11(15)13-4-1-5-13/h2-3,6-7H,1,4-5H2. The highest BCUT2D eigenvalue weighted by Gasteiger charge is 2.22. The minimum absolute atomic E-state index is 0.0682. The van der Waals surface area contributed by atoms with Crippen LogP contribution < -0.4 is 0 Å². The molecule has 1 fully saturated rings. The third kappa shape index (κ3) is 1.75. The lowest BCUT2D eigenvalue weighted by Crippen LogP contribution is -2.42. The fourth-order valence-corrected chi connectivity index (χ4v) is 1.47. The molecule has 1 saturated heterocycles. The second-order valence-electron chi connectivity index (χ2n) is 3.50. The van der Waals surface area contributed by atoms with Crippen molar-refractivity contribution in [2.45, 2.75) is 6.42 Å². The number of nitrogens with zero attached hydrogens (tertiary/aromatic N) is 1. The second-order valence-corrected chi connectivity index (χ2v) is 3.50. The van der Waals surface area contributed by atoms with Gasteiger partial charge in [-0.3, -0.25) is 9.59 Å². The van der Waals surface area contributed by atoms with Crippen LogP contribution in [0.1, 0.15) is 27.1 Å². The van der Waals surface area contributed by atoms with E-state index in [0.717, 1.165) is 25.6 Å². The van der Waals surface area contributed by atoms with E-state index in [9.17, 15) is 14.0 Å². The summed E-state index contributed by atoms with van der Waals surface area (Å²) in [4.78, 5) is 23.9. The maximum Gasteiger partial charge on any atom is 0.253 e. The number of hydrogen-bond donors (Lipinski definition) is 0. The number of carbonyl (C=O) groups is 2. The van der Waals surface area contributed by atoms with Crippen molar-refractivity contribution in [3.8, 4) is 0 Å². The van der Waals surface area contributed by atoms with E-state index in [4.69, 9.17) is 0 Å². The number of benzene rings is 1. The van der Waals surface area contributed by atoms with Crippen molar-refractivity contribution in [1.82, 2.24) is 4.90 Å². The molecule has 0 aliphatic carbocycles. The Kier molecular flexibility index (Phi) is 2.49. The van der Waals surface area contributed by atoms with Gasteiger partial charge < -0.3 is 4.90 Å². The lowest BCUT2D eigenvalue weighted by molar-refractivity contribution is 0.0652. The molecule has 1 heterocycles. The molecule has 0 radical (unpaired) electrons. The number of amides is 1. The van der Waals surface area contributed by atoms with E-state index in [1.54, 1.807) is 4.90 Å². The maximum atomic E-state index is 13.0. The average molecular weight is 207 g/mol. The van der Waals surface area contributed by atoms with Crippen molar-refractivity contribution in [3.05, 3.63) is 35.1 Å². The van der Waals surface area contributed by atoms with Crippen LogP contribution in [-0.4, -0.2) is 30.2 Å². The fourth-order valence-electron chi connectivity index (χ4n) is 1.47. The Bertz CT molecular complexity index is 413. The fraction of sp³-hybridized carbons (Fsp3) is 0.273. The Labute approximate surface area is 86.5 Å². The molecule has 0 aromatic heterocycles. The molecule has 0 saturated carbocycles. The van der Waals surface area contributed by atoms with E-state index < -0.39 is 5.82 Å². The molecule has 4 heteroatoms. The number of likely N-dealkylation sites (tertiary alicyclic amines) is 1. The summed E-state index contributed by atoms with van der Waals surface area (Å²) in [6.07, 6.45) is 1.43. The Balaban J connectivity index is 2.27. The summed E-state index contributed by atoms with van der Waals surface area (Å²) in [5, 5.41) is 0. The van der Waals surface area contributed by atoms with Crippen molar-refractivity contribution in [2.75, 3.05) is 13.1 Å². The van der Waals surface area contributed by atoms with Crippen molar-refractivity contribution in [3.63, 3.8) is 0 Å². The van der Waals surface area contributed by atoms with Crippen molar-refractivity contribution >= 4 is 12.2 Å². The zero-order valence-electron chi connectivity index (χ0n) is 8.07. The molecule has 1 aromatic carbocycles. The number of hydrogen-bond acceptors (Lipinski definition) is 2. The molecule has 1 aliphatic rings. The van der Waals surface area contributed by atoms with E-state index in [1.807, 2.05) is 0 Å². The van der Waals surface area contributed by atoms with Crippen LogP contribution >= 0.6 is 0 Å². The predicted octanol–water partition coefficient (Wildman–Crippen LogP) is 1.48. The van der Waals surface area contributed by atoms with Crippen LogP contribution in [0, 0.1) is 5.82 Å². The Morgan fingerprint density at radius 2 is 2.13 bits per heavy atom. The Hall–Kier alpha value is -1.71. The van der Waals surface area contributed by atoms with Gasteiger partial charge in [-0.2, -0.15) is 0 Å². The first-order chi connectivity index (χ1) is 7.22. The molecule has 0 bridgehead atoms. The summed E-state index contributed by atoms with van der Waals surface area (Å²) in [5.41, 5.74) is 0.305. The van der Waals surface area contributed by atoms with Gasteiger partial charge in [-0.05, 0) is 24.6 Å². The molecule has 0 N–H and O–H groups in total. The molecule has 2 rings (SSSR count). The monoisotopic (exact) mass is 207 g/mol. The third-order valence-electron chi connectivity index (χ3n) is 2.51. The predicted molar refractivity (Wildman–Crippen MR) is 52.3 cm³/mol. The van der Waals surface area contributed by atoms with Gasteiger partial charge in [0.1, 0.15) is 5.82 Å². The van der Waals surface area contributed by atoms with Gasteiger partial charge >= 0.3 is 0 Å². The van der Waals surface area contributed by atoms with Gasteiger partial charge in [0.05, 0.1) is 5.56 Å². The quantitative estimate of drug-likeness (QED) is 0.689. The van der Waals surface area contributed by atoms with E-state index in [2.05, 4.69) is 0 Å². The zero-order valence-corrected chi connectivity index (χ0v) is 8.07. The molecule has 78 valence electrons. The smallest absolute Gasteiger partial charge is 0.253 e. The lowest BCUT2D eigenvalue weighted by atomic mass is 10.1. The van der Waals surface area contributed by atoms with Crippen LogP contribution in [0.3, 0.4) is 0 Å². The van der Waals surface area contributed by atoms with Crippen LogP contribution in [0.2, 0.25) is 0 Å². The number of aldehydes is 1. The van der Waals surface area contributed by atoms with Gasteiger partial charge in [0.25, 0.3) is 5.91 Å². The number of carbonyl (C=O) groups excluding carboxylic acids is 2.